The molecule has 1 aromatic heterocycles. The normalized spacial score (nSPS) is 21.4. The minimum Gasteiger partial charge on any atom is -0.370 e. The first kappa shape index (κ1) is 14.8. The highest BCUT2D eigenvalue weighted by Crippen LogP contribution is 2.35. The van der Waals surface area contributed by atoms with Crippen molar-refractivity contribution in [3.8, 4) is 0 Å². The molecule has 1 heterocycles. The van der Waals surface area contributed by atoms with Crippen molar-refractivity contribution in [2.45, 2.75) is 70.4 Å². The molecule has 0 N–H and O–H groups in total. The van der Waals surface area contributed by atoms with Crippen LogP contribution in [0.4, 0.5) is 0 Å². The lowest BCUT2D eigenvalue weighted by Crippen LogP contribution is -2.28. The van der Waals surface area contributed by atoms with Gasteiger partial charge < -0.3 is 4.74 Å². The molecular weight excluding hydrogens is 264 g/mol. The van der Waals surface area contributed by atoms with Crippen molar-refractivity contribution in [3.63, 3.8) is 0 Å². The Kier molecular flexibility index (Phi) is 4.73. The molecule has 0 spiro atoms. The van der Waals surface area contributed by atoms with Crippen LogP contribution >= 0.6 is 0 Å². The maximum Gasteiger partial charge on any atom is 0.167 e. The maximum atomic E-state index is 12.4. The predicted octanol–water partition coefficient (Wildman–Crippen LogP) is 3.32. The minimum atomic E-state index is -0.199. The van der Waals surface area contributed by atoms with Gasteiger partial charge in [0, 0.05) is 12.8 Å². The zero-order valence-electron chi connectivity index (χ0n) is 13.0. The molecule has 116 valence electrons. The van der Waals surface area contributed by atoms with Gasteiger partial charge in [-0.05, 0) is 44.6 Å². The predicted molar refractivity (Wildman–Crippen MR) is 81.2 cm³/mol. The van der Waals surface area contributed by atoms with Crippen LogP contribution in [0.5, 0.6) is 0 Å². The zero-order valence-corrected chi connectivity index (χ0v) is 13.0. The summed E-state index contributed by atoms with van der Waals surface area (Å²) < 4.78 is 7.72. The molecular formula is C17H26N2O2. The Morgan fingerprint density at radius 3 is 2.76 bits per heavy atom. The molecule has 2 fully saturated rings. The monoisotopic (exact) mass is 290 g/mol. The van der Waals surface area contributed by atoms with Gasteiger partial charge in [0.2, 0.25) is 0 Å². The van der Waals surface area contributed by atoms with Gasteiger partial charge in [0.05, 0.1) is 18.2 Å². The first-order valence-electron chi connectivity index (χ1n) is 8.46. The standard InChI is InChI=1S/C17H26N2O2/c1-2-21-17(13-8-9-13)16(20)12-14-10-11-19(18-14)15-6-4-3-5-7-15/h10-11,13,15,17H,2-9,12H2,1H3. The molecule has 21 heavy (non-hydrogen) atoms. The van der Waals surface area contributed by atoms with Gasteiger partial charge in [-0.3, -0.25) is 9.48 Å². The second-order valence-electron chi connectivity index (χ2n) is 6.44. The van der Waals surface area contributed by atoms with Gasteiger partial charge in [0.15, 0.2) is 5.78 Å². The lowest BCUT2D eigenvalue weighted by molar-refractivity contribution is -0.131. The quantitative estimate of drug-likeness (QED) is 0.774. The SMILES string of the molecule is CCOC(C(=O)Cc1ccn(C2CCCCC2)n1)C1CC1. The molecule has 4 heteroatoms. The van der Waals surface area contributed by atoms with Crippen molar-refractivity contribution in [1.29, 1.82) is 0 Å². The molecule has 1 unspecified atom stereocenters. The van der Waals surface area contributed by atoms with Crippen molar-refractivity contribution in [1.82, 2.24) is 9.78 Å². The summed E-state index contributed by atoms with van der Waals surface area (Å²) in [5.41, 5.74) is 0.899. The van der Waals surface area contributed by atoms with E-state index in [0.717, 1.165) is 18.5 Å². The summed E-state index contributed by atoms with van der Waals surface area (Å²) in [5, 5.41) is 4.64. The fraction of sp³-hybridized carbons (Fsp3) is 0.765. The molecule has 0 amide bonds. The van der Waals surface area contributed by atoms with E-state index in [9.17, 15) is 4.79 Å². The van der Waals surface area contributed by atoms with E-state index < -0.39 is 0 Å². The molecule has 0 radical (unpaired) electrons. The van der Waals surface area contributed by atoms with Gasteiger partial charge >= 0.3 is 0 Å². The van der Waals surface area contributed by atoms with E-state index in [0.29, 0.717) is 25.0 Å². The highest BCUT2D eigenvalue weighted by atomic mass is 16.5. The summed E-state index contributed by atoms with van der Waals surface area (Å²) in [5.74, 6) is 0.658. The number of carbonyl (C=O) groups excluding carboxylic acids is 1. The van der Waals surface area contributed by atoms with Crippen molar-refractivity contribution in [3.05, 3.63) is 18.0 Å². The van der Waals surface area contributed by atoms with Gasteiger partial charge in [0.25, 0.3) is 0 Å². The molecule has 1 aromatic rings. The van der Waals surface area contributed by atoms with Crippen molar-refractivity contribution < 1.29 is 9.53 Å². The van der Waals surface area contributed by atoms with Crippen molar-refractivity contribution in [2.75, 3.05) is 6.61 Å². The molecule has 0 saturated heterocycles. The van der Waals surface area contributed by atoms with E-state index in [4.69, 9.17) is 4.74 Å². The van der Waals surface area contributed by atoms with Crippen LogP contribution in [0.15, 0.2) is 12.3 Å². The van der Waals surface area contributed by atoms with E-state index >= 15 is 0 Å². The molecule has 4 nitrogen and oxygen atoms in total. The van der Waals surface area contributed by atoms with Crippen LogP contribution in [0.1, 0.15) is 63.6 Å². The number of aromatic nitrogens is 2. The molecule has 1 atom stereocenters. The molecule has 0 aromatic carbocycles. The Morgan fingerprint density at radius 2 is 2.10 bits per heavy atom. The fourth-order valence-electron chi connectivity index (χ4n) is 3.37. The summed E-state index contributed by atoms with van der Waals surface area (Å²) in [4.78, 5) is 12.4. The Bertz CT molecular complexity index is 473. The summed E-state index contributed by atoms with van der Waals surface area (Å²) in [6.45, 7) is 2.57. The Labute approximate surface area is 126 Å². The van der Waals surface area contributed by atoms with Gasteiger partial charge in [-0.25, -0.2) is 0 Å². The van der Waals surface area contributed by atoms with E-state index in [2.05, 4.69) is 9.78 Å². The van der Waals surface area contributed by atoms with Gasteiger partial charge in [-0.15, -0.1) is 0 Å². The molecule has 2 saturated carbocycles. The van der Waals surface area contributed by atoms with Crippen LogP contribution in [-0.2, 0) is 16.0 Å². The molecule has 2 aliphatic rings. The summed E-state index contributed by atoms with van der Waals surface area (Å²) >= 11 is 0. The van der Waals surface area contributed by atoms with Crippen molar-refractivity contribution in [2.24, 2.45) is 5.92 Å². The third kappa shape index (κ3) is 3.73. The minimum absolute atomic E-state index is 0.199. The largest absolute Gasteiger partial charge is 0.370 e. The van der Waals surface area contributed by atoms with E-state index in [1.54, 1.807) is 0 Å². The lowest BCUT2D eigenvalue weighted by Gasteiger charge is -2.21. The summed E-state index contributed by atoms with van der Waals surface area (Å²) in [6.07, 6.45) is 10.9. The lowest BCUT2D eigenvalue weighted by atomic mass is 9.96. The Balaban J connectivity index is 1.59. The average Bonchev–Trinajstić information content (AvgIpc) is 3.24. The molecule has 2 aliphatic carbocycles. The van der Waals surface area contributed by atoms with E-state index in [1.165, 1.54) is 32.1 Å². The number of ether oxygens (including phenoxy) is 1. The van der Waals surface area contributed by atoms with Crippen LogP contribution in [0.3, 0.4) is 0 Å². The van der Waals surface area contributed by atoms with Crippen LogP contribution in [0, 0.1) is 5.92 Å². The van der Waals surface area contributed by atoms with Crippen LogP contribution in [0.25, 0.3) is 0 Å². The third-order valence-electron chi connectivity index (χ3n) is 4.68. The summed E-state index contributed by atoms with van der Waals surface area (Å²) in [7, 11) is 0. The van der Waals surface area contributed by atoms with Gasteiger partial charge in [-0.2, -0.15) is 5.10 Å². The zero-order chi connectivity index (χ0) is 14.7. The number of carbonyl (C=O) groups is 1. The number of rotatable bonds is 7. The van der Waals surface area contributed by atoms with Gasteiger partial charge in [0.1, 0.15) is 6.10 Å². The topological polar surface area (TPSA) is 44.1 Å². The van der Waals surface area contributed by atoms with Crippen LogP contribution in [0.2, 0.25) is 0 Å². The first-order chi connectivity index (χ1) is 10.3. The molecule has 0 aliphatic heterocycles. The molecule has 0 bridgehead atoms. The number of ketones is 1. The smallest absolute Gasteiger partial charge is 0.167 e. The maximum absolute atomic E-state index is 12.4. The highest BCUT2D eigenvalue weighted by molar-refractivity contribution is 5.85. The number of Topliss-reactive ketones (excluding diaryl/α,β-unsaturated/α-hetero) is 1. The number of nitrogens with zero attached hydrogens (tertiary/aromatic N) is 2. The van der Waals surface area contributed by atoms with E-state index in [1.807, 2.05) is 19.2 Å². The average molecular weight is 290 g/mol. The Morgan fingerprint density at radius 1 is 1.33 bits per heavy atom. The highest BCUT2D eigenvalue weighted by Gasteiger charge is 2.36. The number of hydrogen-bond acceptors (Lipinski definition) is 3. The van der Waals surface area contributed by atoms with Crippen LogP contribution in [-0.4, -0.2) is 28.3 Å². The Hall–Kier alpha value is -1.16. The summed E-state index contributed by atoms with van der Waals surface area (Å²) in [6, 6.07) is 2.54. The van der Waals surface area contributed by atoms with Crippen LogP contribution < -0.4 is 0 Å². The fourth-order valence-corrected chi connectivity index (χ4v) is 3.37. The number of hydrogen-bond donors (Lipinski definition) is 0. The second kappa shape index (κ2) is 6.73. The second-order valence-corrected chi connectivity index (χ2v) is 6.44. The first-order valence-corrected chi connectivity index (χ1v) is 8.46. The third-order valence-corrected chi connectivity index (χ3v) is 4.68. The van der Waals surface area contributed by atoms with Crippen molar-refractivity contribution >= 4 is 5.78 Å². The van der Waals surface area contributed by atoms with Gasteiger partial charge in [-0.1, -0.05) is 19.3 Å². The van der Waals surface area contributed by atoms with E-state index in [-0.39, 0.29) is 11.9 Å². The molecule has 3 rings (SSSR count).